The summed E-state index contributed by atoms with van der Waals surface area (Å²) < 4.78 is 6.45. The average Bonchev–Trinajstić information content (AvgIpc) is 2.64. The minimum absolute atomic E-state index is 0.909. The van der Waals surface area contributed by atoms with Gasteiger partial charge in [-0.2, -0.15) is 0 Å². The second kappa shape index (κ2) is 4.15. The number of rotatable bonds is 2. The lowest BCUT2D eigenvalue weighted by atomic mass is 10.1. The number of para-hydroxylation sites is 1. The predicted molar refractivity (Wildman–Crippen MR) is 64.0 cm³/mol. The molecule has 0 atom stereocenters. The highest BCUT2D eigenvalue weighted by molar-refractivity contribution is 9.11. The lowest BCUT2D eigenvalue weighted by molar-refractivity contribution is 0.416. The summed E-state index contributed by atoms with van der Waals surface area (Å²) in [5.41, 5.74) is 2.32. The van der Waals surface area contributed by atoms with Gasteiger partial charge in [0.1, 0.15) is 5.75 Å². The Hall–Kier alpha value is -0.800. The lowest BCUT2D eigenvalue weighted by Gasteiger charge is -2.06. The Balaban J connectivity index is 2.56. The Morgan fingerprint density at radius 1 is 1.14 bits per heavy atom. The summed E-state index contributed by atoms with van der Waals surface area (Å²) in [4.78, 5) is 0. The van der Waals surface area contributed by atoms with E-state index in [0.717, 1.165) is 15.1 Å². The summed E-state index contributed by atoms with van der Waals surface area (Å²) >= 11 is 5.21. The number of hydrogen-bond donors (Lipinski definition) is 0. The highest BCUT2D eigenvalue weighted by Gasteiger charge is 2.08. The summed E-state index contributed by atoms with van der Waals surface area (Å²) in [5.74, 6) is 0.909. The minimum Gasteiger partial charge on any atom is -0.496 e. The van der Waals surface area contributed by atoms with E-state index in [2.05, 4.69) is 33.4 Å². The minimum atomic E-state index is 0.909. The maximum Gasteiger partial charge on any atom is 0.126 e. The molecule has 0 unspecified atom stereocenters. The molecule has 14 heavy (non-hydrogen) atoms. The third-order valence-electron chi connectivity index (χ3n) is 2.02. The number of thiophene rings is 1. The van der Waals surface area contributed by atoms with E-state index in [1.54, 1.807) is 18.4 Å². The van der Waals surface area contributed by atoms with Gasteiger partial charge in [-0.3, -0.25) is 0 Å². The first-order chi connectivity index (χ1) is 6.83. The Morgan fingerprint density at radius 3 is 2.57 bits per heavy atom. The van der Waals surface area contributed by atoms with E-state index in [1.807, 2.05) is 18.2 Å². The van der Waals surface area contributed by atoms with E-state index in [1.165, 1.54) is 5.56 Å². The van der Waals surface area contributed by atoms with Gasteiger partial charge in [0.2, 0.25) is 0 Å². The SMILES string of the molecule is COc1ccccc1-c1ccsc1Br. The largest absolute Gasteiger partial charge is 0.496 e. The first-order valence-corrected chi connectivity index (χ1v) is 5.86. The van der Waals surface area contributed by atoms with E-state index in [-0.39, 0.29) is 0 Å². The predicted octanol–water partition coefficient (Wildman–Crippen LogP) is 4.19. The van der Waals surface area contributed by atoms with Gasteiger partial charge in [0.15, 0.2) is 0 Å². The Bertz CT molecular complexity index is 436. The van der Waals surface area contributed by atoms with Crippen molar-refractivity contribution in [2.24, 2.45) is 0 Å². The van der Waals surface area contributed by atoms with Crippen LogP contribution in [0.25, 0.3) is 11.1 Å². The highest BCUT2D eigenvalue weighted by atomic mass is 79.9. The fourth-order valence-corrected chi connectivity index (χ4v) is 2.65. The van der Waals surface area contributed by atoms with Crippen LogP contribution in [0.5, 0.6) is 5.75 Å². The molecule has 0 radical (unpaired) electrons. The molecule has 0 spiro atoms. The molecule has 0 N–H and O–H groups in total. The fraction of sp³-hybridized carbons (Fsp3) is 0.0909. The zero-order valence-corrected chi connectivity index (χ0v) is 10.1. The van der Waals surface area contributed by atoms with Crippen LogP contribution in [0.15, 0.2) is 39.5 Å². The molecule has 1 aromatic heterocycles. The van der Waals surface area contributed by atoms with Crippen LogP contribution in [0.3, 0.4) is 0 Å². The second-order valence-electron chi connectivity index (χ2n) is 2.81. The van der Waals surface area contributed by atoms with Crippen molar-refractivity contribution in [2.45, 2.75) is 0 Å². The molecule has 0 aliphatic carbocycles. The number of ether oxygens (including phenoxy) is 1. The molecule has 2 aromatic rings. The van der Waals surface area contributed by atoms with Gasteiger partial charge in [0.25, 0.3) is 0 Å². The maximum absolute atomic E-state index is 5.31. The Labute approximate surface area is 95.5 Å². The molecule has 3 heteroatoms. The van der Waals surface area contributed by atoms with Gasteiger partial charge in [-0.1, -0.05) is 18.2 Å². The van der Waals surface area contributed by atoms with Crippen molar-refractivity contribution in [2.75, 3.05) is 7.11 Å². The first kappa shape index (κ1) is 9.74. The molecule has 1 aromatic carbocycles. The number of halogens is 1. The summed E-state index contributed by atoms with van der Waals surface area (Å²) in [5, 5.41) is 2.06. The quantitative estimate of drug-likeness (QED) is 0.794. The van der Waals surface area contributed by atoms with Gasteiger partial charge in [0.05, 0.1) is 10.9 Å². The van der Waals surface area contributed by atoms with Crippen LogP contribution in [0.2, 0.25) is 0 Å². The van der Waals surface area contributed by atoms with Crippen LogP contribution in [-0.2, 0) is 0 Å². The van der Waals surface area contributed by atoms with Crippen molar-refractivity contribution in [1.29, 1.82) is 0 Å². The standard InChI is InChI=1S/C11H9BrOS/c1-13-10-5-3-2-4-8(10)9-6-7-14-11(9)12/h2-7H,1H3. The fourth-order valence-electron chi connectivity index (χ4n) is 1.35. The van der Waals surface area contributed by atoms with Crippen LogP contribution < -0.4 is 4.74 Å². The van der Waals surface area contributed by atoms with Crippen LogP contribution >= 0.6 is 27.3 Å². The smallest absolute Gasteiger partial charge is 0.126 e. The molecule has 1 heterocycles. The van der Waals surface area contributed by atoms with Crippen molar-refractivity contribution in [1.82, 2.24) is 0 Å². The van der Waals surface area contributed by atoms with E-state index in [0.29, 0.717) is 0 Å². The molecule has 0 aliphatic heterocycles. The molecule has 0 amide bonds. The van der Waals surface area contributed by atoms with Gasteiger partial charge >= 0.3 is 0 Å². The summed E-state index contributed by atoms with van der Waals surface area (Å²) in [6.45, 7) is 0. The Morgan fingerprint density at radius 2 is 1.93 bits per heavy atom. The molecule has 0 fully saturated rings. The van der Waals surface area contributed by atoms with E-state index < -0.39 is 0 Å². The van der Waals surface area contributed by atoms with Crippen molar-refractivity contribution >= 4 is 27.3 Å². The molecular weight excluding hydrogens is 260 g/mol. The highest BCUT2D eigenvalue weighted by Crippen LogP contribution is 2.37. The maximum atomic E-state index is 5.31. The van der Waals surface area contributed by atoms with Gasteiger partial charge in [-0.25, -0.2) is 0 Å². The topological polar surface area (TPSA) is 9.23 Å². The molecule has 0 saturated heterocycles. The first-order valence-electron chi connectivity index (χ1n) is 4.19. The molecule has 0 bridgehead atoms. The van der Waals surface area contributed by atoms with E-state index >= 15 is 0 Å². The van der Waals surface area contributed by atoms with Gasteiger partial charge < -0.3 is 4.74 Å². The summed E-state index contributed by atoms with van der Waals surface area (Å²) in [6, 6.07) is 10.1. The molecule has 0 saturated carbocycles. The molecular formula is C11H9BrOS. The normalized spacial score (nSPS) is 10.1. The number of methoxy groups -OCH3 is 1. The zero-order chi connectivity index (χ0) is 9.97. The van der Waals surface area contributed by atoms with E-state index in [4.69, 9.17) is 4.74 Å². The van der Waals surface area contributed by atoms with Crippen molar-refractivity contribution in [3.8, 4) is 16.9 Å². The molecule has 1 nitrogen and oxygen atoms in total. The van der Waals surface area contributed by atoms with Crippen LogP contribution in [0.4, 0.5) is 0 Å². The van der Waals surface area contributed by atoms with Crippen molar-refractivity contribution in [3.63, 3.8) is 0 Å². The number of hydrogen-bond acceptors (Lipinski definition) is 2. The summed E-state index contributed by atoms with van der Waals surface area (Å²) in [6.07, 6.45) is 0. The van der Waals surface area contributed by atoms with Crippen molar-refractivity contribution in [3.05, 3.63) is 39.5 Å². The Kier molecular flexibility index (Phi) is 2.89. The van der Waals surface area contributed by atoms with Crippen LogP contribution in [0.1, 0.15) is 0 Å². The van der Waals surface area contributed by atoms with Crippen molar-refractivity contribution < 1.29 is 4.74 Å². The van der Waals surface area contributed by atoms with Gasteiger partial charge in [-0.15, -0.1) is 11.3 Å². The van der Waals surface area contributed by atoms with Crippen LogP contribution in [-0.4, -0.2) is 7.11 Å². The molecule has 0 aliphatic rings. The molecule has 72 valence electrons. The second-order valence-corrected chi connectivity index (χ2v) is 5.04. The number of benzene rings is 1. The van der Waals surface area contributed by atoms with E-state index in [9.17, 15) is 0 Å². The molecule has 2 rings (SSSR count). The third-order valence-corrected chi connectivity index (χ3v) is 3.70. The third kappa shape index (κ3) is 1.70. The zero-order valence-electron chi connectivity index (χ0n) is 7.66. The average molecular weight is 269 g/mol. The van der Waals surface area contributed by atoms with Crippen LogP contribution in [0, 0.1) is 0 Å². The monoisotopic (exact) mass is 268 g/mol. The van der Waals surface area contributed by atoms with Gasteiger partial charge in [0, 0.05) is 11.1 Å². The lowest BCUT2D eigenvalue weighted by Crippen LogP contribution is -1.85. The van der Waals surface area contributed by atoms with Gasteiger partial charge in [-0.05, 0) is 33.4 Å². The summed E-state index contributed by atoms with van der Waals surface area (Å²) in [7, 11) is 1.69.